The van der Waals surface area contributed by atoms with Gasteiger partial charge in [-0.2, -0.15) is 0 Å². The van der Waals surface area contributed by atoms with Crippen molar-refractivity contribution in [1.82, 2.24) is 10.3 Å². The fourth-order valence-corrected chi connectivity index (χ4v) is 1.91. The van der Waals surface area contributed by atoms with E-state index >= 15 is 0 Å². The fraction of sp³-hybridized carbons (Fsp3) is 0.200. The van der Waals surface area contributed by atoms with Crippen molar-refractivity contribution in [3.05, 3.63) is 47.7 Å². The molecule has 1 aromatic heterocycles. The van der Waals surface area contributed by atoms with Gasteiger partial charge in [-0.3, -0.25) is 4.79 Å². The number of rotatable bonds is 5. The van der Waals surface area contributed by atoms with Crippen LogP contribution in [0.5, 0.6) is 11.6 Å². The molecule has 6 heteroatoms. The van der Waals surface area contributed by atoms with E-state index in [1.54, 1.807) is 30.5 Å². The number of carbonyl (C=O) groups is 1. The van der Waals surface area contributed by atoms with E-state index in [4.69, 9.17) is 15.2 Å². The maximum Gasteiger partial charge on any atom is 0.255 e. The lowest BCUT2D eigenvalue weighted by molar-refractivity contribution is 0.0947. The minimum atomic E-state index is -0.252. The average Bonchev–Trinajstić information content (AvgIpc) is 2.52. The van der Waals surface area contributed by atoms with Crippen molar-refractivity contribution >= 4 is 11.6 Å². The second-order valence-corrected chi connectivity index (χ2v) is 4.31. The molecular weight excluding hydrogens is 270 g/mol. The van der Waals surface area contributed by atoms with Crippen LogP contribution in [0.4, 0.5) is 5.69 Å². The Hall–Kier alpha value is -2.76. The summed E-state index contributed by atoms with van der Waals surface area (Å²) in [6.07, 6.45) is 1.63. The molecule has 0 atom stereocenters. The molecule has 0 aliphatic carbocycles. The van der Waals surface area contributed by atoms with E-state index in [2.05, 4.69) is 10.3 Å². The van der Waals surface area contributed by atoms with Crippen molar-refractivity contribution in [1.29, 1.82) is 0 Å². The van der Waals surface area contributed by atoms with Crippen LogP contribution in [0.2, 0.25) is 0 Å². The van der Waals surface area contributed by atoms with Gasteiger partial charge in [0.05, 0.1) is 19.8 Å². The summed E-state index contributed by atoms with van der Waals surface area (Å²) < 4.78 is 10.3. The largest absolute Gasteiger partial charge is 0.496 e. The minimum absolute atomic E-state index is 0.252. The summed E-state index contributed by atoms with van der Waals surface area (Å²) in [5, 5.41) is 2.80. The monoisotopic (exact) mass is 287 g/mol. The van der Waals surface area contributed by atoms with E-state index in [1.807, 2.05) is 6.07 Å². The zero-order valence-corrected chi connectivity index (χ0v) is 11.9. The van der Waals surface area contributed by atoms with E-state index in [0.29, 0.717) is 29.4 Å². The van der Waals surface area contributed by atoms with Crippen LogP contribution in [0.25, 0.3) is 0 Å². The molecule has 0 aliphatic rings. The molecule has 0 saturated heterocycles. The van der Waals surface area contributed by atoms with Crippen molar-refractivity contribution in [2.45, 2.75) is 6.54 Å². The van der Waals surface area contributed by atoms with Crippen LogP contribution in [-0.4, -0.2) is 25.1 Å². The van der Waals surface area contributed by atoms with Gasteiger partial charge in [0.15, 0.2) is 0 Å². The van der Waals surface area contributed by atoms with Crippen LogP contribution in [-0.2, 0) is 6.54 Å². The van der Waals surface area contributed by atoms with E-state index < -0.39 is 0 Å². The highest BCUT2D eigenvalue weighted by Crippen LogP contribution is 2.21. The second kappa shape index (κ2) is 6.60. The summed E-state index contributed by atoms with van der Waals surface area (Å²) in [6.45, 7) is 0.309. The first-order chi connectivity index (χ1) is 10.2. The van der Waals surface area contributed by atoms with Crippen molar-refractivity contribution in [2.24, 2.45) is 0 Å². The lowest BCUT2D eigenvalue weighted by Gasteiger charge is -2.11. The molecule has 21 heavy (non-hydrogen) atoms. The van der Waals surface area contributed by atoms with Gasteiger partial charge in [0.2, 0.25) is 5.88 Å². The first-order valence-electron chi connectivity index (χ1n) is 6.35. The van der Waals surface area contributed by atoms with Gasteiger partial charge in [-0.15, -0.1) is 0 Å². The van der Waals surface area contributed by atoms with Gasteiger partial charge in [0, 0.05) is 30.1 Å². The number of carbonyl (C=O) groups excluding carboxylic acids is 1. The number of ether oxygens (including phenoxy) is 2. The van der Waals surface area contributed by atoms with Crippen LogP contribution in [0.1, 0.15) is 15.9 Å². The fourth-order valence-electron chi connectivity index (χ4n) is 1.91. The number of pyridine rings is 1. The zero-order chi connectivity index (χ0) is 15.2. The Morgan fingerprint density at radius 3 is 2.81 bits per heavy atom. The molecule has 0 bridgehead atoms. The van der Waals surface area contributed by atoms with Gasteiger partial charge in [-0.1, -0.05) is 6.07 Å². The molecule has 3 N–H and O–H groups in total. The number of nitrogens with one attached hydrogen (secondary N) is 1. The molecule has 1 aromatic carbocycles. The standard InChI is InChI=1S/C15H17N3O3/c1-20-13-8-11(16)5-6-12(13)14(19)18-9-10-4-3-7-17-15(10)21-2/h3-8H,9,16H2,1-2H3,(H,18,19). The lowest BCUT2D eigenvalue weighted by Crippen LogP contribution is -2.23. The molecule has 1 amide bonds. The summed E-state index contributed by atoms with van der Waals surface area (Å²) in [5.74, 6) is 0.672. The summed E-state index contributed by atoms with van der Waals surface area (Å²) >= 11 is 0. The topological polar surface area (TPSA) is 86.5 Å². The minimum Gasteiger partial charge on any atom is -0.496 e. The van der Waals surface area contributed by atoms with Crippen LogP contribution in [0.3, 0.4) is 0 Å². The Balaban J connectivity index is 2.12. The molecule has 2 aromatic rings. The zero-order valence-electron chi connectivity index (χ0n) is 11.9. The Morgan fingerprint density at radius 2 is 2.10 bits per heavy atom. The first kappa shape index (κ1) is 14.6. The summed E-state index contributed by atoms with van der Waals surface area (Å²) in [4.78, 5) is 16.3. The Labute approximate surface area is 122 Å². The normalized spacial score (nSPS) is 10.0. The van der Waals surface area contributed by atoms with Crippen LogP contribution in [0.15, 0.2) is 36.5 Å². The van der Waals surface area contributed by atoms with Crippen LogP contribution >= 0.6 is 0 Å². The molecule has 110 valence electrons. The number of methoxy groups -OCH3 is 2. The summed E-state index contributed by atoms with van der Waals surface area (Å²) in [5.41, 5.74) is 7.43. The molecular formula is C15H17N3O3. The van der Waals surface area contributed by atoms with Crippen molar-refractivity contribution in [3.8, 4) is 11.6 Å². The molecule has 0 fully saturated rings. The highest BCUT2D eigenvalue weighted by Gasteiger charge is 2.13. The van der Waals surface area contributed by atoms with E-state index in [0.717, 1.165) is 5.56 Å². The molecule has 0 radical (unpaired) electrons. The highest BCUT2D eigenvalue weighted by molar-refractivity contribution is 5.97. The van der Waals surface area contributed by atoms with Crippen molar-refractivity contribution in [2.75, 3.05) is 20.0 Å². The maximum absolute atomic E-state index is 12.2. The van der Waals surface area contributed by atoms with E-state index in [9.17, 15) is 4.79 Å². The number of amides is 1. The number of nitrogens with zero attached hydrogens (tertiary/aromatic N) is 1. The molecule has 2 rings (SSSR count). The highest BCUT2D eigenvalue weighted by atomic mass is 16.5. The second-order valence-electron chi connectivity index (χ2n) is 4.31. The molecule has 1 heterocycles. The van der Waals surface area contributed by atoms with Gasteiger partial charge < -0.3 is 20.5 Å². The third-order valence-corrected chi connectivity index (χ3v) is 2.95. The van der Waals surface area contributed by atoms with Crippen molar-refractivity contribution < 1.29 is 14.3 Å². The summed E-state index contributed by atoms with van der Waals surface area (Å²) in [6, 6.07) is 8.52. The van der Waals surface area contributed by atoms with Gasteiger partial charge in [0.25, 0.3) is 5.91 Å². The number of nitrogen functional groups attached to an aromatic ring is 1. The van der Waals surface area contributed by atoms with Gasteiger partial charge >= 0.3 is 0 Å². The molecule has 0 spiro atoms. The number of aromatic nitrogens is 1. The number of anilines is 1. The maximum atomic E-state index is 12.2. The van der Waals surface area contributed by atoms with E-state index in [1.165, 1.54) is 14.2 Å². The molecule has 0 aliphatic heterocycles. The van der Waals surface area contributed by atoms with Gasteiger partial charge in [-0.25, -0.2) is 4.98 Å². The number of hydrogen-bond donors (Lipinski definition) is 2. The smallest absolute Gasteiger partial charge is 0.255 e. The Morgan fingerprint density at radius 1 is 1.29 bits per heavy atom. The van der Waals surface area contributed by atoms with Crippen LogP contribution in [0, 0.1) is 0 Å². The average molecular weight is 287 g/mol. The third-order valence-electron chi connectivity index (χ3n) is 2.95. The molecule has 0 saturated carbocycles. The van der Waals surface area contributed by atoms with Crippen molar-refractivity contribution in [3.63, 3.8) is 0 Å². The third kappa shape index (κ3) is 3.42. The predicted molar refractivity (Wildman–Crippen MR) is 79.4 cm³/mol. The summed E-state index contributed by atoms with van der Waals surface area (Å²) in [7, 11) is 3.03. The SMILES string of the molecule is COc1cc(N)ccc1C(=O)NCc1cccnc1OC. The Bertz CT molecular complexity index is 644. The number of nitrogens with two attached hydrogens (primary N) is 1. The van der Waals surface area contributed by atoms with Gasteiger partial charge in [-0.05, 0) is 18.2 Å². The lowest BCUT2D eigenvalue weighted by atomic mass is 10.1. The molecule has 6 nitrogen and oxygen atoms in total. The van der Waals surface area contributed by atoms with Crippen LogP contribution < -0.4 is 20.5 Å². The predicted octanol–water partition coefficient (Wildman–Crippen LogP) is 1.61. The first-order valence-corrected chi connectivity index (χ1v) is 6.35. The molecule has 0 unspecified atom stereocenters. The Kier molecular flexibility index (Phi) is 4.61. The number of hydrogen-bond acceptors (Lipinski definition) is 5. The van der Waals surface area contributed by atoms with Gasteiger partial charge in [0.1, 0.15) is 5.75 Å². The van der Waals surface area contributed by atoms with E-state index in [-0.39, 0.29) is 5.91 Å². The number of benzene rings is 1. The quantitative estimate of drug-likeness (QED) is 0.816.